The first-order valence-electron chi connectivity index (χ1n) is 7.53. The summed E-state index contributed by atoms with van der Waals surface area (Å²) in [4.78, 5) is 31.9. The maximum absolute atomic E-state index is 12.4. The third kappa shape index (κ3) is 4.32. The fraction of sp³-hybridized carbons (Fsp3) is 0.353. The molecule has 0 bridgehead atoms. The Hall–Kier alpha value is -2.41. The third-order valence-electron chi connectivity index (χ3n) is 3.54. The van der Waals surface area contributed by atoms with Gasteiger partial charge in [0.25, 0.3) is 5.91 Å². The summed E-state index contributed by atoms with van der Waals surface area (Å²) in [7, 11) is 5.11. The second-order valence-corrected chi connectivity index (χ2v) is 6.94. The van der Waals surface area contributed by atoms with Crippen LogP contribution in [0.3, 0.4) is 0 Å². The summed E-state index contributed by atoms with van der Waals surface area (Å²) in [6.45, 7) is 4.26. The van der Waals surface area contributed by atoms with Gasteiger partial charge in [-0.15, -0.1) is 11.3 Å². The van der Waals surface area contributed by atoms with E-state index in [0.29, 0.717) is 17.8 Å². The smallest absolute Gasteiger partial charge is 0.321 e. The van der Waals surface area contributed by atoms with Crippen molar-refractivity contribution in [3.63, 3.8) is 0 Å². The number of rotatable bonds is 4. The lowest BCUT2D eigenvalue weighted by molar-refractivity contribution is 0.0827. The van der Waals surface area contributed by atoms with Crippen molar-refractivity contribution < 1.29 is 9.59 Å². The van der Waals surface area contributed by atoms with Crippen LogP contribution in [0.4, 0.5) is 10.5 Å². The van der Waals surface area contributed by atoms with Gasteiger partial charge in [-0.2, -0.15) is 0 Å². The Balaban J connectivity index is 2.10. The topological polar surface area (TPSA) is 65.5 Å². The van der Waals surface area contributed by atoms with Crippen LogP contribution in [0.15, 0.2) is 23.6 Å². The van der Waals surface area contributed by atoms with E-state index in [1.807, 2.05) is 25.3 Å². The van der Waals surface area contributed by atoms with Gasteiger partial charge in [-0.25, -0.2) is 9.78 Å². The number of benzene rings is 1. The molecule has 2 aromatic rings. The first-order valence-corrected chi connectivity index (χ1v) is 8.41. The molecule has 0 aliphatic heterocycles. The lowest BCUT2D eigenvalue weighted by atomic mass is 10.1. The molecule has 0 unspecified atom stereocenters. The molecule has 2 rings (SSSR count). The highest BCUT2D eigenvalue weighted by molar-refractivity contribution is 7.09. The van der Waals surface area contributed by atoms with Gasteiger partial charge < -0.3 is 15.1 Å². The molecule has 6 nitrogen and oxygen atoms in total. The van der Waals surface area contributed by atoms with E-state index in [4.69, 9.17) is 0 Å². The van der Waals surface area contributed by atoms with E-state index in [0.717, 1.165) is 16.3 Å². The molecule has 128 valence electrons. The van der Waals surface area contributed by atoms with Crippen LogP contribution in [0.1, 0.15) is 26.6 Å². The number of carbonyl (C=O) groups excluding carboxylic acids is 2. The molecule has 1 N–H and O–H groups in total. The molecule has 0 aliphatic carbocycles. The molecule has 7 heteroatoms. The van der Waals surface area contributed by atoms with Gasteiger partial charge in [-0.05, 0) is 31.5 Å². The molecule has 0 atom stereocenters. The predicted octanol–water partition coefficient (Wildman–Crippen LogP) is 3.13. The second-order valence-electron chi connectivity index (χ2n) is 5.87. The molecule has 1 aromatic carbocycles. The van der Waals surface area contributed by atoms with E-state index in [1.54, 1.807) is 49.5 Å². The number of nitrogens with zero attached hydrogens (tertiary/aromatic N) is 3. The van der Waals surface area contributed by atoms with Crippen molar-refractivity contribution in [3.05, 3.63) is 45.4 Å². The maximum Gasteiger partial charge on any atom is 0.321 e. The maximum atomic E-state index is 12.4. The number of aromatic nitrogens is 1. The number of anilines is 1. The Morgan fingerprint density at radius 3 is 2.50 bits per heavy atom. The summed E-state index contributed by atoms with van der Waals surface area (Å²) < 4.78 is 0. The molecule has 1 heterocycles. The Labute approximate surface area is 146 Å². The SMILES string of the molecule is Cc1nc(CN(C)C(=O)Nc2cc(C(=O)N(C)C)ccc2C)cs1. The van der Waals surface area contributed by atoms with Crippen LogP contribution in [0.25, 0.3) is 0 Å². The molecule has 0 fully saturated rings. The van der Waals surface area contributed by atoms with E-state index in [2.05, 4.69) is 10.3 Å². The van der Waals surface area contributed by atoms with Crippen LogP contribution in [-0.4, -0.2) is 47.9 Å². The van der Waals surface area contributed by atoms with E-state index in [9.17, 15) is 9.59 Å². The fourth-order valence-electron chi connectivity index (χ4n) is 2.15. The molecule has 1 aromatic heterocycles. The lowest BCUT2D eigenvalue weighted by Gasteiger charge is -2.19. The minimum absolute atomic E-state index is 0.100. The molecule has 0 radical (unpaired) electrons. The number of thiazole rings is 1. The van der Waals surface area contributed by atoms with Gasteiger partial charge in [0, 0.05) is 37.8 Å². The number of urea groups is 1. The summed E-state index contributed by atoms with van der Waals surface area (Å²) >= 11 is 1.56. The first-order chi connectivity index (χ1) is 11.3. The van der Waals surface area contributed by atoms with Gasteiger partial charge >= 0.3 is 6.03 Å². The normalized spacial score (nSPS) is 10.4. The average molecular weight is 346 g/mol. The minimum atomic E-state index is -0.238. The first kappa shape index (κ1) is 17.9. The molecule has 0 aliphatic rings. The molecular formula is C17H22N4O2S. The highest BCUT2D eigenvalue weighted by atomic mass is 32.1. The zero-order valence-electron chi connectivity index (χ0n) is 14.6. The van der Waals surface area contributed by atoms with Crippen molar-refractivity contribution >= 4 is 29.0 Å². The number of aryl methyl sites for hydroxylation is 2. The Morgan fingerprint density at radius 1 is 1.21 bits per heavy atom. The van der Waals surface area contributed by atoms with Gasteiger partial charge in [-0.3, -0.25) is 4.79 Å². The van der Waals surface area contributed by atoms with Gasteiger partial charge in [0.05, 0.1) is 17.2 Å². The molecular weight excluding hydrogens is 324 g/mol. The van der Waals surface area contributed by atoms with E-state index < -0.39 is 0 Å². The van der Waals surface area contributed by atoms with Crippen LogP contribution in [0.2, 0.25) is 0 Å². The zero-order chi connectivity index (χ0) is 17.9. The monoisotopic (exact) mass is 346 g/mol. The quantitative estimate of drug-likeness (QED) is 0.925. The fourth-order valence-corrected chi connectivity index (χ4v) is 2.76. The van der Waals surface area contributed by atoms with Crippen molar-refractivity contribution in [2.75, 3.05) is 26.5 Å². The largest absolute Gasteiger partial charge is 0.345 e. The van der Waals surface area contributed by atoms with Gasteiger partial charge in [0.1, 0.15) is 0 Å². The Kier molecular flexibility index (Phi) is 5.56. The molecule has 0 saturated carbocycles. The van der Waals surface area contributed by atoms with E-state index in [-0.39, 0.29) is 11.9 Å². The summed E-state index contributed by atoms with van der Waals surface area (Å²) in [6.07, 6.45) is 0. The Bertz CT molecular complexity index is 755. The van der Waals surface area contributed by atoms with E-state index in [1.165, 1.54) is 4.90 Å². The Morgan fingerprint density at radius 2 is 1.92 bits per heavy atom. The summed E-state index contributed by atoms with van der Waals surface area (Å²) in [6, 6.07) is 5.06. The van der Waals surface area contributed by atoms with Gasteiger partial charge in [-0.1, -0.05) is 6.07 Å². The van der Waals surface area contributed by atoms with Crippen molar-refractivity contribution in [3.8, 4) is 0 Å². The van der Waals surface area contributed by atoms with Crippen LogP contribution < -0.4 is 5.32 Å². The van der Waals surface area contributed by atoms with Gasteiger partial charge in [0.15, 0.2) is 0 Å². The third-order valence-corrected chi connectivity index (χ3v) is 4.37. The molecule has 24 heavy (non-hydrogen) atoms. The standard InChI is InChI=1S/C17H22N4O2S/c1-11-6-7-13(16(22)20(3)4)8-15(11)19-17(23)21(5)9-14-10-24-12(2)18-14/h6-8,10H,9H2,1-5H3,(H,19,23). The van der Waals surface area contributed by atoms with Crippen molar-refractivity contribution in [2.45, 2.75) is 20.4 Å². The van der Waals surface area contributed by atoms with Crippen LogP contribution in [0.5, 0.6) is 0 Å². The summed E-state index contributed by atoms with van der Waals surface area (Å²) in [5.74, 6) is -0.100. The van der Waals surface area contributed by atoms with E-state index >= 15 is 0 Å². The number of nitrogens with one attached hydrogen (secondary N) is 1. The lowest BCUT2D eigenvalue weighted by Crippen LogP contribution is -2.31. The molecule has 0 spiro atoms. The highest BCUT2D eigenvalue weighted by Gasteiger charge is 2.14. The number of carbonyl (C=O) groups is 2. The van der Waals surface area contributed by atoms with Gasteiger partial charge in [0.2, 0.25) is 0 Å². The second kappa shape index (κ2) is 7.44. The van der Waals surface area contributed by atoms with Crippen molar-refractivity contribution in [2.24, 2.45) is 0 Å². The minimum Gasteiger partial charge on any atom is -0.345 e. The van der Waals surface area contributed by atoms with Crippen LogP contribution >= 0.6 is 11.3 Å². The average Bonchev–Trinajstić information content (AvgIpc) is 2.93. The molecule has 0 saturated heterocycles. The molecule has 3 amide bonds. The number of amides is 3. The van der Waals surface area contributed by atoms with Crippen molar-refractivity contribution in [1.82, 2.24) is 14.8 Å². The van der Waals surface area contributed by atoms with Crippen LogP contribution in [0, 0.1) is 13.8 Å². The predicted molar refractivity (Wildman–Crippen MR) is 96.5 cm³/mol. The summed E-state index contributed by atoms with van der Waals surface area (Å²) in [5, 5.41) is 5.78. The number of hydrogen-bond acceptors (Lipinski definition) is 4. The van der Waals surface area contributed by atoms with Crippen molar-refractivity contribution in [1.29, 1.82) is 0 Å². The van der Waals surface area contributed by atoms with Crippen LogP contribution in [-0.2, 0) is 6.54 Å². The highest BCUT2D eigenvalue weighted by Crippen LogP contribution is 2.19. The number of hydrogen-bond donors (Lipinski definition) is 1. The summed E-state index contributed by atoms with van der Waals surface area (Å²) in [5.41, 5.74) is 2.94. The zero-order valence-corrected chi connectivity index (χ0v) is 15.4.